The predicted octanol–water partition coefficient (Wildman–Crippen LogP) is 3.26. The average Bonchev–Trinajstić information content (AvgIpc) is 2.74. The number of hydrogen-bond donors (Lipinski definition) is 3. The number of halogens is 5. The quantitative estimate of drug-likeness (QED) is 0.226. The molecule has 1 amide bonds. The number of nitrogens with zero attached hydrogens (tertiary/aromatic N) is 2. The van der Waals surface area contributed by atoms with E-state index in [1.54, 1.807) is 0 Å². The number of benzene rings is 2. The van der Waals surface area contributed by atoms with E-state index in [2.05, 4.69) is 20.9 Å². The van der Waals surface area contributed by atoms with Crippen LogP contribution in [0.25, 0.3) is 0 Å². The fourth-order valence-electron chi connectivity index (χ4n) is 3.24. The van der Waals surface area contributed by atoms with Crippen molar-refractivity contribution < 1.29 is 22.4 Å². The summed E-state index contributed by atoms with van der Waals surface area (Å²) < 4.78 is 52.6. The van der Waals surface area contributed by atoms with Gasteiger partial charge >= 0.3 is 6.18 Å². The molecular formula is C21H24F4IN5O. The maximum Gasteiger partial charge on any atom is 0.416 e. The maximum atomic E-state index is 13.2. The molecule has 174 valence electrons. The van der Waals surface area contributed by atoms with E-state index >= 15 is 0 Å². The van der Waals surface area contributed by atoms with Gasteiger partial charge in [0.1, 0.15) is 5.82 Å². The standard InChI is InChI=1S/C21H23F4N5O.HI/c1-26-20(29-12-15-4-5-16(22)10-18(15)21(23,24)25)28-11-14-2-6-17(7-3-14)30-9-8-27-19(31)13-30;/h2-7,10H,8-9,11-13H2,1H3,(H,27,31)(H2,26,28,29);1H. The number of anilines is 1. The Bertz CT molecular complexity index is 950. The molecule has 3 rings (SSSR count). The summed E-state index contributed by atoms with van der Waals surface area (Å²) in [5.41, 5.74) is 0.784. The minimum absolute atomic E-state index is 0. The second-order valence-electron chi connectivity index (χ2n) is 7.02. The largest absolute Gasteiger partial charge is 0.416 e. The number of nitrogens with one attached hydrogen (secondary N) is 3. The van der Waals surface area contributed by atoms with Gasteiger partial charge in [0.25, 0.3) is 0 Å². The Kier molecular flexibility index (Phi) is 9.10. The number of hydrogen-bond acceptors (Lipinski definition) is 3. The number of guanidine groups is 1. The van der Waals surface area contributed by atoms with Crippen LogP contribution in [0, 0.1) is 5.82 Å². The summed E-state index contributed by atoms with van der Waals surface area (Å²) in [5.74, 6) is -0.636. The van der Waals surface area contributed by atoms with Crippen molar-refractivity contribution in [1.82, 2.24) is 16.0 Å². The Hall–Kier alpha value is -2.57. The molecular weight excluding hydrogens is 541 g/mol. The lowest BCUT2D eigenvalue weighted by Crippen LogP contribution is -2.47. The molecule has 0 radical (unpaired) electrons. The highest BCUT2D eigenvalue weighted by Gasteiger charge is 2.33. The molecule has 0 aromatic heterocycles. The monoisotopic (exact) mass is 565 g/mol. The first kappa shape index (κ1) is 25.7. The minimum atomic E-state index is -4.65. The van der Waals surface area contributed by atoms with Crippen molar-refractivity contribution in [2.45, 2.75) is 19.3 Å². The Morgan fingerprint density at radius 1 is 1.12 bits per heavy atom. The third kappa shape index (κ3) is 6.97. The zero-order valence-corrected chi connectivity index (χ0v) is 19.6. The molecule has 3 N–H and O–H groups in total. The van der Waals surface area contributed by atoms with Gasteiger partial charge in [-0.2, -0.15) is 13.2 Å². The van der Waals surface area contributed by atoms with Crippen molar-refractivity contribution in [2.24, 2.45) is 4.99 Å². The van der Waals surface area contributed by atoms with Gasteiger partial charge in [0.15, 0.2) is 5.96 Å². The topological polar surface area (TPSA) is 68.8 Å². The van der Waals surface area contributed by atoms with Crippen LogP contribution in [-0.4, -0.2) is 38.5 Å². The maximum absolute atomic E-state index is 13.2. The molecule has 2 aromatic carbocycles. The van der Waals surface area contributed by atoms with Crippen molar-refractivity contribution in [2.75, 3.05) is 31.6 Å². The third-order valence-corrected chi connectivity index (χ3v) is 4.85. The van der Waals surface area contributed by atoms with Gasteiger partial charge in [-0.15, -0.1) is 24.0 Å². The lowest BCUT2D eigenvalue weighted by atomic mass is 10.1. The van der Waals surface area contributed by atoms with Gasteiger partial charge < -0.3 is 20.9 Å². The first-order valence-electron chi connectivity index (χ1n) is 9.67. The lowest BCUT2D eigenvalue weighted by molar-refractivity contribution is -0.138. The van der Waals surface area contributed by atoms with E-state index in [-0.39, 0.29) is 42.0 Å². The number of aliphatic imine (C=N–C) groups is 1. The van der Waals surface area contributed by atoms with Gasteiger partial charge in [-0.05, 0) is 35.4 Å². The van der Waals surface area contributed by atoms with Gasteiger partial charge in [-0.25, -0.2) is 4.39 Å². The Morgan fingerprint density at radius 3 is 2.44 bits per heavy atom. The van der Waals surface area contributed by atoms with E-state index in [4.69, 9.17) is 0 Å². The van der Waals surface area contributed by atoms with E-state index in [1.807, 2.05) is 29.2 Å². The summed E-state index contributed by atoms with van der Waals surface area (Å²) in [4.78, 5) is 17.5. The van der Waals surface area contributed by atoms with Crippen LogP contribution >= 0.6 is 24.0 Å². The van der Waals surface area contributed by atoms with Crippen LogP contribution in [0.1, 0.15) is 16.7 Å². The molecule has 0 unspecified atom stereocenters. The summed E-state index contributed by atoms with van der Waals surface area (Å²) in [5, 5.41) is 8.64. The van der Waals surface area contributed by atoms with Crippen LogP contribution in [0.4, 0.5) is 23.2 Å². The summed E-state index contributed by atoms with van der Waals surface area (Å²) in [6.45, 7) is 1.90. The Balaban J connectivity index is 0.00000363. The first-order chi connectivity index (χ1) is 14.8. The molecule has 32 heavy (non-hydrogen) atoms. The van der Waals surface area contributed by atoms with Crippen molar-refractivity contribution in [1.29, 1.82) is 0 Å². The fraction of sp³-hybridized carbons (Fsp3) is 0.333. The highest BCUT2D eigenvalue weighted by molar-refractivity contribution is 14.0. The third-order valence-electron chi connectivity index (χ3n) is 4.85. The number of carbonyl (C=O) groups is 1. The number of alkyl halides is 3. The predicted molar refractivity (Wildman–Crippen MR) is 126 cm³/mol. The lowest BCUT2D eigenvalue weighted by Gasteiger charge is -2.28. The van der Waals surface area contributed by atoms with Crippen LogP contribution in [0.3, 0.4) is 0 Å². The van der Waals surface area contributed by atoms with E-state index < -0.39 is 17.6 Å². The normalized spacial score (nSPS) is 14.5. The second-order valence-corrected chi connectivity index (χ2v) is 7.02. The molecule has 2 aromatic rings. The van der Waals surface area contributed by atoms with Crippen LogP contribution in [-0.2, 0) is 24.1 Å². The van der Waals surface area contributed by atoms with Crippen LogP contribution in [0.15, 0.2) is 47.5 Å². The molecule has 6 nitrogen and oxygen atoms in total. The van der Waals surface area contributed by atoms with Crippen molar-refractivity contribution in [3.63, 3.8) is 0 Å². The van der Waals surface area contributed by atoms with Crippen LogP contribution < -0.4 is 20.9 Å². The fourth-order valence-corrected chi connectivity index (χ4v) is 3.24. The van der Waals surface area contributed by atoms with E-state index in [9.17, 15) is 22.4 Å². The summed E-state index contributed by atoms with van der Waals surface area (Å²) in [7, 11) is 1.51. The van der Waals surface area contributed by atoms with Crippen molar-refractivity contribution >= 4 is 41.5 Å². The van der Waals surface area contributed by atoms with Crippen molar-refractivity contribution in [3.8, 4) is 0 Å². The number of carbonyl (C=O) groups excluding carboxylic acids is 1. The molecule has 0 saturated carbocycles. The smallest absolute Gasteiger partial charge is 0.360 e. The van der Waals surface area contributed by atoms with Gasteiger partial charge in [0.2, 0.25) is 5.91 Å². The van der Waals surface area contributed by atoms with Gasteiger partial charge in [-0.1, -0.05) is 18.2 Å². The zero-order chi connectivity index (χ0) is 22.4. The van der Waals surface area contributed by atoms with E-state index in [0.717, 1.165) is 29.9 Å². The number of amides is 1. The zero-order valence-electron chi connectivity index (χ0n) is 17.3. The first-order valence-corrected chi connectivity index (χ1v) is 9.67. The molecule has 0 atom stereocenters. The molecule has 1 saturated heterocycles. The number of piperazine rings is 1. The average molecular weight is 565 g/mol. The molecule has 0 bridgehead atoms. The van der Waals surface area contributed by atoms with E-state index in [0.29, 0.717) is 31.7 Å². The highest BCUT2D eigenvalue weighted by atomic mass is 127. The van der Waals surface area contributed by atoms with Gasteiger partial charge in [0, 0.05) is 38.9 Å². The Labute approximate surface area is 200 Å². The minimum Gasteiger partial charge on any atom is -0.360 e. The molecule has 0 aliphatic carbocycles. The SMILES string of the molecule is CN=C(NCc1ccc(N2CCNC(=O)C2)cc1)NCc1ccc(F)cc1C(F)(F)F.I. The van der Waals surface area contributed by atoms with Crippen molar-refractivity contribution in [3.05, 3.63) is 65.0 Å². The van der Waals surface area contributed by atoms with E-state index in [1.165, 1.54) is 7.05 Å². The van der Waals surface area contributed by atoms with Crippen LogP contribution in [0.5, 0.6) is 0 Å². The molecule has 1 fully saturated rings. The summed E-state index contributed by atoms with van der Waals surface area (Å²) >= 11 is 0. The highest BCUT2D eigenvalue weighted by Crippen LogP contribution is 2.32. The molecule has 1 aliphatic heterocycles. The molecule has 0 spiro atoms. The molecule has 11 heteroatoms. The van der Waals surface area contributed by atoms with Gasteiger partial charge in [-0.3, -0.25) is 9.79 Å². The number of rotatable bonds is 5. The summed E-state index contributed by atoms with van der Waals surface area (Å²) in [6.07, 6.45) is -4.65. The Morgan fingerprint density at radius 2 is 1.81 bits per heavy atom. The second kappa shape index (κ2) is 11.3. The van der Waals surface area contributed by atoms with Gasteiger partial charge in [0.05, 0.1) is 12.1 Å². The summed E-state index contributed by atoms with van der Waals surface area (Å²) in [6, 6.07) is 10.2. The molecule has 1 heterocycles. The molecule has 1 aliphatic rings. The van der Waals surface area contributed by atoms with Crippen LogP contribution in [0.2, 0.25) is 0 Å².